The van der Waals surface area contributed by atoms with Gasteiger partial charge in [0, 0.05) is 4.91 Å². The highest BCUT2D eigenvalue weighted by Crippen LogP contribution is 2.39. The fraction of sp³-hybridized carbons (Fsp3) is 0.500. The van der Waals surface area contributed by atoms with Gasteiger partial charge in [-0.1, -0.05) is 0 Å². The standard InChI is InChI=1S/C10H12N7O8P/c11-15-16-25-7-6(18)4(1-23-26(20,21)22)24-10(7)17-3-14-5-8(17)12-2-13-9(5)19/h2-4,6-7,10,18H,1H2,(H,12,13,19)(H2,20,21,22)/t4-,6+,7-,10-/m1/s1. The lowest BCUT2D eigenvalue weighted by molar-refractivity contribution is -0.0709. The molecule has 2 aromatic rings. The Morgan fingerprint density at radius 2 is 2.19 bits per heavy atom. The van der Waals surface area contributed by atoms with E-state index in [9.17, 15) is 14.8 Å². The van der Waals surface area contributed by atoms with E-state index in [0.717, 1.165) is 6.33 Å². The van der Waals surface area contributed by atoms with Crippen LogP contribution in [0.3, 0.4) is 0 Å². The van der Waals surface area contributed by atoms with Crippen molar-refractivity contribution in [3.63, 3.8) is 0 Å². The third-order valence-corrected chi connectivity index (χ3v) is 4.02. The molecule has 3 heterocycles. The zero-order valence-corrected chi connectivity index (χ0v) is 13.6. The highest BCUT2D eigenvalue weighted by molar-refractivity contribution is 7.46. The van der Waals surface area contributed by atoms with Crippen molar-refractivity contribution in [3.05, 3.63) is 23.1 Å². The molecule has 0 radical (unpaired) electrons. The minimum atomic E-state index is -4.80. The zero-order valence-electron chi connectivity index (χ0n) is 12.7. The summed E-state index contributed by atoms with van der Waals surface area (Å²) in [5.74, 6) is -0.388. The molecule has 4 atom stereocenters. The van der Waals surface area contributed by atoms with E-state index in [1.807, 2.05) is 0 Å². The number of aliphatic hydroxyl groups is 1. The van der Waals surface area contributed by atoms with Crippen LogP contribution in [0, 0.1) is 0 Å². The molecule has 2 aromatic heterocycles. The topological polar surface area (TPSA) is 218 Å². The number of aromatic hydroxyl groups is 1. The van der Waals surface area contributed by atoms with Gasteiger partial charge in [-0.25, -0.2) is 14.5 Å². The third kappa shape index (κ3) is 3.54. The number of imidazole rings is 1. The molecule has 1 aliphatic rings. The summed E-state index contributed by atoms with van der Waals surface area (Å²) in [6.07, 6.45) is -2.83. The quantitative estimate of drug-likeness (QED) is 0.162. The molecule has 0 amide bonds. The fourth-order valence-corrected chi connectivity index (χ4v) is 2.81. The molecule has 15 nitrogen and oxygen atoms in total. The maximum Gasteiger partial charge on any atom is 0.469 e. The SMILES string of the molecule is [N-]=[N+]=NO[C@@H]1[C@@H](O)[C@@H](COP(=O)(O)O)O[C@H]1n1cnc2c(O)ncnc21. The highest BCUT2D eigenvalue weighted by atomic mass is 31.2. The Bertz CT molecular complexity index is 895. The predicted octanol–water partition coefficient (Wildman–Crippen LogP) is -0.490. The third-order valence-electron chi connectivity index (χ3n) is 3.54. The van der Waals surface area contributed by atoms with Crippen LogP contribution in [0.25, 0.3) is 21.6 Å². The first-order chi connectivity index (χ1) is 12.3. The summed E-state index contributed by atoms with van der Waals surface area (Å²) in [5.41, 5.74) is 8.59. The number of phosphoric acid groups is 1. The van der Waals surface area contributed by atoms with Crippen molar-refractivity contribution >= 4 is 19.0 Å². The number of aromatic nitrogens is 4. The van der Waals surface area contributed by atoms with Crippen LogP contribution in [-0.4, -0.2) is 64.4 Å². The highest BCUT2D eigenvalue weighted by Gasteiger charge is 2.47. The molecule has 0 unspecified atom stereocenters. The molecular weight excluding hydrogens is 377 g/mol. The maximum atomic E-state index is 10.8. The van der Waals surface area contributed by atoms with Crippen LogP contribution in [0.1, 0.15) is 6.23 Å². The van der Waals surface area contributed by atoms with Crippen molar-refractivity contribution < 1.29 is 38.7 Å². The first-order valence-electron chi connectivity index (χ1n) is 6.92. The van der Waals surface area contributed by atoms with Gasteiger partial charge in [-0.15, -0.1) is 0 Å². The van der Waals surface area contributed by atoms with Crippen LogP contribution in [-0.2, 0) is 18.7 Å². The van der Waals surface area contributed by atoms with Crippen molar-refractivity contribution in [1.82, 2.24) is 19.5 Å². The van der Waals surface area contributed by atoms with E-state index in [0.29, 0.717) is 0 Å². The minimum absolute atomic E-state index is 0.0445. The zero-order chi connectivity index (χ0) is 18.9. The number of rotatable bonds is 6. The van der Waals surface area contributed by atoms with Crippen LogP contribution >= 0.6 is 7.82 Å². The molecule has 0 spiro atoms. The van der Waals surface area contributed by atoms with E-state index in [-0.39, 0.29) is 17.0 Å². The molecule has 1 aliphatic heterocycles. The van der Waals surface area contributed by atoms with Gasteiger partial charge < -0.3 is 29.6 Å². The smallest absolute Gasteiger partial charge is 0.469 e. The molecular formula is C10H12N7O8P. The number of fused-ring (bicyclic) bond motifs is 1. The summed E-state index contributed by atoms with van der Waals surface area (Å²) < 4.78 is 22.0. The summed E-state index contributed by atoms with van der Waals surface area (Å²) in [7, 11) is -4.80. The monoisotopic (exact) mass is 389 g/mol. The fourth-order valence-electron chi connectivity index (χ4n) is 2.47. The normalized spacial score (nSPS) is 26.0. The maximum absolute atomic E-state index is 10.8. The van der Waals surface area contributed by atoms with E-state index in [2.05, 4.69) is 29.7 Å². The summed E-state index contributed by atoms with van der Waals surface area (Å²) >= 11 is 0. The second kappa shape index (κ2) is 7.01. The molecule has 26 heavy (non-hydrogen) atoms. The molecule has 1 fully saturated rings. The second-order valence-electron chi connectivity index (χ2n) is 5.10. The summed E-state index contributed by atoms with van der Waals surface area (Å²) in [6.45, 7) is -0.662. The van der Waals surface area contributed by atoms with Gasteiger partial charge in [0.05, 0.1) is 12.9 Å². The molecule has 140 valence electrons. The van der Waals surface area contributed by atoms with E-state index in [1.165, 1.54) is 10.9 Å². The Hall–Kier alpha value is -2.51. The van der Waals surface area contributed by atoms with E-state index in [4.69, 9.17) is 24.9 Å². The molecule has 1 saturated heterocycles. The summed E-state index contributed by atoms with van der Waals surface area (Å²) in [5, 5.41) is 22.9. The largest absolute Gasteiger partial charge is 0.492 e. The number of nitrogens with zero attached hydrogens (tertiary/aromatic N) is 7. The van der Waals surface area contributed by atoms with Gasteiger partial charge in [0.1, 0.15) is 23.8 Å². The van der Waals surface area contributed by atoms with Crippen molar-refractivity contribution in [1.29, 1.82) is 0 Å². The molecule has 16 heteroatoms. The van der Waals surface area contributed by atoms with Gasteiger partial charge in [0.15, 0.2) is 23.5 Å². The minimum Gasteiger partial charge on any atom is -0.492 e. The molecule has 3 rings (SSSR count). The second-order valence-corrected chi connectivity index (χ2v) is 6.34. The molecule has 0 saturated carbocycles. The lowest BCUT2D eigenvalue weighted by Gasteiger charge is -2.19. The Balaban J connectivity index is 1.93. The van der Waals surface area contributed by atoms with Gasteiger partial charge in [-0.3, -0.25) is 9.09 Å². The van der Waals surface area contributed by atoms with E-state index < -0.39 is 39.0 Å². The van der Waals surface area contributed by atoms with Gasteiger partial charge >= 0.3 is 7.82 Å². The number of phosphoric ester groups is 1. The lowest BCUT2D eigenvalue weighted by Crippen LogP contribution is -2.34. The van der Waals surface area contributed by atoms with Crippen molar-refractivity contribution in [2.75, 3.05) is 6.61 Å². The first kappa shape index (κ1) is 18.3. The van der Waals surface area contributed by atoms with Crippen LogP contribution < -0.4 is 0 Å². The van der Waals surface area contributed by atoms with Gasteiger partial charge in [0.2, 0.25) is 5.88 Å². The van der Waals surface area contributed by atoms with Crippen molar-refractivity contribution in [2.24, 2.45) is 5.28 Å². The van der Waals surface area contributed by atoms with Gasteiger partial charge in [-0.2, -0.15) is 4.98 Å². The van der Waals surface area contributed by atoms with E-state index >= 15 is 0 Å². The number of hydrogen-bond donors (Lipinski definition) is 4. The van der Waals surface area contributed by atoms with Gasteiger partial charge in [-0.05, 0) is 5.53 Å². The first-order valence-corrected chi connectivity index (χ1v) is 8.45. The number of ether oxygens (including phenoxy) is 1. The molecule has 0 aliphatic carbocycles. The Morgan fingerprint density at radius 1 is 1.42 bits per heavy atom. The molecule has 4 N–H and O–H groups in total. The van der Waals surface area contributed by atoms with Crippen LogP contribution in [0.5, 0.6) is 5.88 Å². The molecule has 0 bridgehead atoms. The van der Waals surface area contributed by atoms with E-state index in [1.54, 1.807) is 0 Å². The predicted molar refractivity (Wildman–Crippen MR) is 78.9 cm³/mol. The van der Waals surface area contributed by atoms with Crippen molar-refractivity contribution in [3.8, 4) is 5.88 Å². The van der Waals surface area contributed by atoms with Crippen LogP contribution in [0.2, 0.25) is 0 Å². The van der Waals surface area contributed by atoms with Crippen molar-refractivity contribution in [2.45, 2.75) is 24.5 Å². The molecule has 0 aromatic carbocycles. The number of hydrogen-bond acceptors (Lipinski definition) is 10. The Labute approximate surface area is 143 Å². The van der Waals surface area contributed by atoms with Crippen LogP contribution in [0.4, 0.5) is 0 Å². The number of aliphatic hydroxyl groups excluding tert-OH is 1. The Morgan fingerprint density at radius 3 is 2.88 bits per heavy atom. The van der Waals surface area contributed by atoms with Gasteiger partial charge in [0.25, 0.3) is 0 Å². The average Bonchev–Trinajstić information content (AvgIpc) is 3.13. The Kier molecular flexibility index (Phi) is 4.93. The lowest BCUT2D eigenvalue weighted by atomic mass is 10.1. The average molecular weight is 389 g/mol. The summed E-state index contributed by atoms with van der Waals surface area (Å²) in [6, 6.07) is 0. The van der Waals surface area contributed by atoms with Crippen LogP contribution in [0.15, 0.2) is 17.9 Å². The summed E-state index contributed by atoms with van der Waals surface area (Å²) in [4.78, 5) is 36.3. The number of azide groups is 1.